The van der Waals surface area contributed by atoms with Gasteiger partial charge in [-0.1, -0.05) is 48.5 Å². The van der Waals surface area contributed by atoms with E-state index in [0.29, 0.717) is 5.69 Å². The Labute approximate surface area is 141 Å². The summed E-state index contributed by atoms with van der Waals surface area (Å²) in [5.74, 6) is -2.42. The Morgan fingerprint density at radius 2 is 1.40 bits per heavy atom. The Hall–Kier alpha value is -2.87. The first kappa shape index (κ1) is 18.5. The van der Waals surface area contributed by atoms with Crippen LogP contribution in [0.3, 0.4) is 0 Å². The zero-order chi connectivity index (χ0) is 18.5. The first-order chi connectivity index (χ1) is 11.7. The molecule has 0 aliphatic heterocycles. The van der Waals surface area contributed by atoms with Gasteiger partial charge < -0.3 is 15.7 Å². The molecule has 2 aromatic rings. The molecule has 0 bridgehead atoms. The smallest absolute Gasteiger partial charge is 0.375 e. The fourth-order valence-corrected chi connectivity index (χ4v) is 2.08. The van der Waals surface area contributed by atoms with Crippen molar-refractivity contribution in [2.45, 2.75) is 11.8 Å². The largest absolute Gasteiger partial charge is 0.423 e. The lowest BCUT2D eigenvalue weighted by molar-refractivity contribution is -0.264. The molecular formula is C17H15F3N2O3. The molecule has 1 atom stereocenters. The number of amides is 2. The third-order valence-corrected chi connectivity index (χ3v) is 3.46. The molecule has 0 unspecified atom stereocenters. The van der Waals surface area contributed by atoms with Gasteiger partial charge in [0, 0.05) is 5.69 Å². The fraction of sp³-hybridized carbons (Fsp3) is 0.176. The van der Waals surface area contributed by atoms with Gasteiger partial charge in [0.25, 0.3) is 0 Å². The van der Waals surface area contributed by atoms with Crippen LogP contribution >= 0.6 is 0 Å². The summed E-state index contributed by atoms with van der Waals surface area (Å²) in [6.45, 7) is -1.19. The van der Waals surface area contributed by atoms with Crippen LogP contribution in [0.4, 0.5) is 18.9 Å². The number of halogens is 3. The minimum absolute atomic E-state index is 0.316. The van der Waals surface area contributed by atoms with Crippen LogP contribution in [-0.4, -0.2) is 29.6 Å². The van der Waals surface area contributed by atoms with Crippen LogP contribution in [0.2, 0.25) is 0 Å². The normalized spacial score (nSPS) is 13.6. The number of anilines is 1. The molecule has 0 radical (unpaired) electrons. The molecule has 8 heteroatoms. The van der Waals surface area contributed by atoms with E-state index in [4.69, 9.17) is 0 Å². The number of alkyl halides is 3. The average Bonchev–Trinajstić information content (AvgIpc) is 2.60. The van der Waals surface area contributed by atoms with Gasteiger partial charge >= 0.3 is 18.0 Å². The average molecular weight is 352 g/mol. The van der Waals surface area contributed by atoms with Gasteiger partial charge in [-0.25, -0.2) is 0 Å². The highest BCUT2D eigenvalue weighted by atomic mass is 19.4. The second-order valence-corrected chi connectivity index (χ2v) is 5.23. The molecule has 0 heterocycles. The third kappa shape index (κ3) is 4.36. The summed E-state index contributed by atoms with van der Waals surface area (Å²) in [5.41, 5.74) is -3.43. The van der Waals surface area contributed by atoms with Gasteiger partial charge in [0.05, 0.1) is 6.54 Å². The Balaban J connectivity index is 2.08. The van der Waals surface area contributed by atoms with Gasteiger partial charge in [0.15, 0.2) is 0 Å². The van der Waals surface area contributed by atoms with Crippen molar-refractivity contribution in [3.05, 3.63) is 66.2 Å². The van der Waals surface area contributed by atoms with Crippen molar-refractivity contribution in [1.82, 2.24) is 5.32 Å². The molecule has 3 N–H and O–H groups in total. The van der Waals surface area contributed by atoms with Gasteiger partial charge in [0.1, 0.15) is 0 Å². The Morgan fingerprint density at radius 1 is 0.880 bits per heavy atom. The van der Waals surface area contributed by atoms with E-state index in [0.717, 1.165) is 12.1 Å². The van der Waals surface area contributed by atoms with Crippen LogP contribution in [0.15, 0.2) is 60.7 Å². The number of hydrogen-bond donors (Lipinski definition) is 3. The SMILES string of the molecule is O=C(NC[C@](O)(c1ccccc1)C(F)(F)F)C(=O)Nc1ccccc1. The number of benzene rings is 2. The van der Waals surface area contributed by atoms with Crippen molar-refractivity contribution in [3.63, 3.8) is 0 Å². The van der Waals surface area contributed by atoms with E-state index in [-0.39, 0.29) is 0 Å². The maximum Gasteiger partial charge on any atom is 0.423 e. The van der Waals surface area contributed by atoms with Gasteiger partial charge in [0.2, 0.25) is 5.60 Å². The van der Waals surface area contributed by atoms with Crippen LogP contribution < -0.4 is 10.6 Å². The quantitative estimate of drug-likeness (QED) is 0.738. The van der Waals surface area contributed by atoms with Crippen molar-refractivity contribution >= 4 is 17.5 Å². The molecule has 2 aromatic carbocycles. The molecule has 0 saturated carbocycles. The molecule has 0 saturated heterocycles. The van der Waals surface area contributed by atoms with Crippen LogP contribution in [0.5, 0.6) is 0 Å². The highest BCUT2D eigenvalue weighted by molar-refractivity contribution is 6.39. The van der Waals surface area contributed by atoms with Gasteiger partial charge in [-0.3, -0.25) is 9.59 Å². The lowest BCUT2D eigenvalue weighted by Crippen LogP contribution is -2.52. The zero-order valence-corrected chi connectivity index (χ0v) is 12.9. The maximum absolute atomic E-state index is 13.3. The van der Waals surface area contributed by atoms with E-state index < -0.39 is 35.7 Å². The number of hydrogen-bond acceptors (Lipinski definition) is 3. The maximum atomic E-state index is 13.3. The van der Waals surface area contributed by atoms with Crippen molar-refractivity contribution in [3.8, 4) is 0 Å². The number of rotatable bonds is 4. The standard InChI is InChI=1S/C17H15F3N2O3/c18-17(19,20)16(25,12-7-3-1-4-8-12)11-21-14(23)15(24)22-13-9-5-2-6-10-13/h1-10,25H,11H2,(H,21,23)(H,22,24)/t16-/m0/s1. The monoisotopic (exact) mass is 352 g/mol. The number of carbonyl (C=O) groups excluding carboxylic acids is 2. The van der Waals surface area contributed by atoms with Crippen molar-refractivity contribution in [2.75, 3.05) is 11.9 Å². The van der Waals surface area contributed by atoms with E-state index in [1.807, 2.05) is 5.32 Å². The summed E-state index contributed by atoms with van der Waals surface area (Å²) in [6, 6.07) is 14.3. The van der Waals surface area contributed by atoms with E-state index in [1.54, 1.807) is 18.2 Å². The predicted molar refractivity (Wildman–Crippen MR) is 84.5 cm³/mol. The summed E-state index contributed by atoms with van der Waals surface area (Å²) in [6.07, 6.45) is -5.04. The third-order valence-electron chi connectivity index (χ3n) is 3.46. The summed E-state index contributed by atoms with van der Waals surface area (Å²) < 4.78 is 39.9. The van der Waals surface area contributed by atoms with Crippen LogP contribution in [0.1, 0.15) is 5.56 Å². The highest BCUT2D eigenvalue weighted by Crippen LogP contribution is 2.38. The number of aliphatic hydroxyl groups is 1. The number of nitrogens with one attached hydrogen (secondary N) is 2. The number of carbonyl (C=O) groups is 2. The highest BCUT2D eigenvalue weighted by Gasteiger charge is 2.55. The molecule has 0 spiro atoms. The predicted octanol–water partition coefficient (Wildman–Crippen LogP) is 2.19. The second kappa shape index (κ2) is 7.35. The molecule has 25 heavy (non-hydrogen) atoms. The molecule has 2 amide bonds. The second-order valence-electron chi connectivity index (χ2n) is 5.23. The molecule has 0 aliphatic carbocycles. The lowest BCUT2D eigenvalue weighted by atomic mass is 9.93. The summed E-state index contributed by atoms with van der Waals surface area (Å²) in [5, 5.41) is 14.1. The summed E-state index contributed by atoms with van der Waals surface area (Å²) >= 11 is 0. The molecule has 0 fully saturated rings. The fourth-order valence-electron chi connectivity index (χ4n) is 2.08. The summed E-state index contributed by atoms with van der Waals surface area (Å²) in [4.78, 5) is 23.5. The molecule has 132 valence electrons. The van der Waals surface area contributed by atoms with Crippen LogP contribution in [0.25, 0.3) is 0 Å². The lowest BCUT2D eigenvalue weighted by Gasteiger charge is -2.31. The van der Waals surface area contributed by atoms with Crippen molar-refractivity contribution in [2.24, 2.45) is 0 Å². The first-order valence-corrected chi connectivity index (χ1v) is 7.23. The van der Waals surface area contributed by atoms with Gasteiger partial charge in [-0.15, -0.1) is 0 Å². The number of para-hydroxylation sites is 1. The summed E-state index contributed by atoms with van der Waals surface area (Å²) in [7, 11) is 0. The van der Waals surface area contributed by atoms with E-state index >= 15 is 0 Å². The minimum atomic E-state index is -5.04. The molecule has 5 nitrogen and oxygen atoms in total. The van der Waals surface area contributed by atoms with E-state index in [1.165, 1.54) is 30.3 Å². The van der Waals surface area contributed by atoms with Gasteiger partial charge in [-0.2, -0.15) is 13.2 Å². The zero-order valence-electron chi connectivity index (χ0n) is 12.9. The van der Waals surface area contributed by atoms with Crippen molar-refractivity contribution in [1.29, 1.82) is 0 Å². The molecule has 0 aliphatic rings. The van der Waals surface area contributed by atoms with E-state index in [9.17, 15) is 27.9 Å². The Bertz CT molecular complexity index is 736. The minimum Gasteiger partial charge on any atom is -0.375 e. The topological polar surface area (TPSA) is 78.4 Å². The van der Waals surface area contributed by atoms with Gasteiger partial charge in [-0.05, 0) is 17.7 Å². The van der Waals surface area contributed by atoms with Crippen LogP contribution in [-0.2, 0) is 15.2 Å². The van der Waals surface area contributed by atoms with Crippen molar-refractivity contribution < 1.29 is 27.9 Å². The van der Waals surface area contributed by atoms with Crippen LogP contribution in [0, 0.1) is 0 Å². The van der Waals surface area contributed by atoms with E-state index in [2.05, 4.69) is 5.32 Å². The molecular weight excluding hydrogens is 337 g/mol. The molecule has 2 rings (SSSR count). The molecule has 0 aromatic heterocycles. The first-order valence-electron chi connectivity index (χ1n) is 7.23. The Kier molecular flexibility index (Phi) is 5.43. The Morgan fingerprint density at radius 3 is 1.92 bits per heavy atom.